The fourth-order valence-corrected chi connectivity index (χ4v) is 3.14. The van der Waals surface area contributed by atoms with Crippen molar-refractivity contribution in [1.82, 2.24) is 14.8 Å². The summed E-state index contributed by atoms with van der Waals surface area (Å²) >= 11 is 0. The quantitative estimate of drug-likeness (QED) is 0.712. The molecule has 0 spiro atoms. The van der Waals surface area contributed by atoms with E-state index in [1.54, 1.807) is 6.20 Å². The van der Waals surface area contributed by atoms with Gasteiger partial charge >= 0.3 is 0 Å². The van der Waals surface area contributed by atoms with Crippen LogP contribution in [0.25, 0.3) is 16.8 Å². The van der Waals surface area contributed by atoms with Gasteiger partial charge in [-0.05, 0) is 60.6 Å². The van der Waals surface area contributed by atoms with E-state index in [0.717, 1.165) is 12.1 Å². The van der Waals surface area contributed by atoms with E-state index in [2.05, 4.69) is 34.3 Å². The number of hydrogen-bond donors (Lipinski definition) is 0. The zero-order valence-electron chi connectivity index (χ0n) is 11.9. The van der Waals surface area contributed by atoms with Crippen molar-refractivity contribution in [3.63, 3.8) is 0 Å². The van der Waals surface area contributed by atoms with Crippen LogP contribution in [0.4, 0.5) is 0 Å². The molecule has 0 amide bonds. The van der Waals surface area contributed by atoms with Crippen LogP contribution in [0.15, 0.2) is 55.1 Å². The molecule has 1 aliphatic rings. The van der Waals surface area contributed by atoms with Crippen molar-refractivity contribution in [3.8, 4) is 16.8 Å². The fraction of sp³-hybridized carbons (Fsp3) is 0.222. The Balaban J connectivity index is 1.82. The van der Waals surface area contributed by atoms with Crippen LogP contribution in [-0.4, -0.2) is 14.8 Å². The van der Waals surface area contributed by atoms with Crippen LogP contribution in [0.5, 0.6) is 0 Å². The molecule has 21 heavy (non-hydrogen) atoms. The molecule has 0 aliphatic heterocycles. The summed E-state index contributed by atoms with van der Waals surface area (Å²) in [4.78, 5) is 4.44. The van der Waals surface area contributed by atoms with Crippen LogP contribution < -0.4 is 0 Å². The molecule has 1 aromatic carbocycles. The maximum atomic E-state index is 4.44. The van der Waals surface area contributed by atoms with Crippen molar-refractivity contribution in [3.05, 3.63) is 66.2 Å². The van der Waals surface area contributed by atoms with E-state index >= 15 is 0 Å². The molecule has 0 bridgehead atoms. The first-order valence-electron chi connectivity index (χ1n) is 7.48. The Hall–Kier alpha value is -2.42. The van der Waals surface area contributed by atoms with E-state index < -0.39 is 0 Å². The molecule has 3 aromatic rings. The van der Waals surface area contributed by atoms with Gasteiger partial charge in [0.1, 0.15) is 0 Å². The van der Waals surface area contributed by atoms with Gasteiger partial charge in [0.25, 0.3) is 0 Å². The van der Waals surface area contributed by atoms with E-state index in [1.807, 2.05) is 29.3 Å². The van der Waals surface area contributed by atoms with Crippen molar-refractivity contribution >= 4 is 0 Å². The number of rotatable bonds is 2. The maximum Gasteiger partial charge on any atom is 0.0651 e. The molecule has 0 N–H and O–H groups in total. The van der Waals surface area contributed by atoms with Gasteiger partial charge in [-0.25, -0.2) is 4.68 Å². The third kappa shape index (κ3) is 2.25. The van der Waals surface area contributed by atoms with Gasteiger partial charge in [0.15, 0.2) is 0 Å². The van der Waals surface area contributed by atoms with Gasteiger partial charge in [-0.3, -0.25) is 4.98 Å². The number of aromatic nitrogens is 3. The second-order valence-corrected chi connectivity index (χ2v) is 5.53. The molecule has 0 radical (unpaired) electrons. The first-order chi connectivity index (χ1) is 10.4. The summed E-state index contributed by atoms with van der Waals surface area (Å²) < 4.78 is 1.90. The smallest absolute Gasteiger partial charge is 0.0651 e. The topological polar surface area (TPSA) is 30.7 Å². The highest BCUT2D eigenvalue weighted by molar-refractivity contribution is 5.70. The molecule has 2 heterocycles. The second kappa shape index (κ2) is 5.17. The van der Waals surface area contributed by atoms with E-state index in [-0.39, 0.29) is 0 Å². The third-order valence-corrected chi connectivity index (χ3v) is 4.20. The number of pyridine rings is 1. The van der Waals surface area contributed by atoms with Crippen LogP contribution >= 0.6 is 0 Å². The highest BCUT2D eigenvalue weighted by Crippen LogP contribution is 2.31. The van der Waals surface area contributed by atoms with Gasteiger partial charge in [0, 0.05) is 30.4 Å². The molecule has 4 rings (SSSR count). The van der Waals surface area contributed by atoms with E-state index in [1.165, 1.54) is 41.5 Å². The lowest BCUT2D eigenvalue weighted by Crippen LogP contribution is -2.05. The van der Waals surface area contributed by atoms with Gasteiger partial charge in [-0.2, -0.15) is 5.10 Å². The standard InChI is InChI=1S/C18H17N3/c1-2-8-17-15(5-1)12-19-13-18(17)14-6-3-7-16(11-14)21-10-4-9-20-21/h3-4,6-7,9-13H,1-2,5,8H2. The highest BCUT2D eigenvalue weighted by Gasteiger charge is 2.14. The van der Waals surface area contributed by atoms with Crippen molar-refractivity contribution in [2.75, 3.05) is 0 Å². The van der Waals surface area contributed by atoms with Gasteiger partial charge in [-0.1, -0.05) is 12.1 Å². The average Bonchev–Trinajstić information content (AvgIpc) is 3.09. The summed E-state index contributed by atoms with van der Waals surface area (Å²) in [6, 6.07) is 10.5. The Kier molecular flexibility index (Phi) is 3.03. The first kappa shape index (κ1) is 12.3. The summed E-state index contributed by atoms with van der Waals surface area (Å²) in [5.74, 6) is 0. The molecule has 0 atom stereocenters. The Bertz CT molecular complexity index is 760. The van der Waals surface area contributed by atoms with Crippen molar-refractivity contribution in [1.29, 1.82) is 0 Å². The Morgan fingerprint density at radius 2 is 1.95 bits per heavy atom. The number of hydrogen-bond acceptors (Lipinski definition) is 2. The molecule has 0 saturated heterocycles. The zero-order valence-corrected chi connectivity index (χ0v) is 11.9. The van der Waals surface area contributed by atoms with Crippen LogP contribution in [0.2, 0.25) is 0 Å². The highest BCUT2D eigenvalue weighted by atomic mass is 15.3. The lowest BCUT2D eigenvalue weighted by Gasteiger charge is -2.19. The minimum absolute atomic E-state index is 1.09. The summed E-state index contributed by atoms with van der Waals surface area (Å²) in [6.07, 6.45) is 12.7. The predicted octanol–water partition coefficient (Wildman–Crippen LogP) is 3.81. The predicted molar refractivity (Wildman–Crippen MR) is 83.4 cm³/mol. The van der Waals surface area contributed by atoms with Crippen LogP contribution in [0, 0.1) is 0 Å². The van der Waals surface area contributed by atoms with Crippen molar-refractivity contribution in [2.45, 2.75) is 25.7 Å². The van der Waals surface area contributed by atoms with Gasteiger partial charge < -0.3 is 0 Å². The third-order valence-electron chi connectivity index (χ3n) is 4.20. The summed E-state index contributed by atoms with van der Waals surface area (Å²) in [5, 5.41) is 4.31. The number of aryl methyl sites for hydroxylation is 1. The second-order valence-electron chi connectivity index (χ2n) is 5.53. The van der Waals surface area contributed by atoms with E-state index in [0.29, 0.717) is 0 Å². The normalized spacial score (nSPS) is 13.9. The Morgan fingerprint density at radius 1 is 1.00 bits per heavy atom. The molecule has 3 heteroatoms. The van der Waals surface area contributed by atoms with Crippen LogP contribution in [-0.2, 0) is 12.8 Å². The summed E-state index contributed by atoms with van der Waals surface area (Å²) in [7, 11) is 0. The average molecular weight is 275 g/mol. The number of fused-ring (bicyclic) bond motifs is 1. The minimum Gasteiger partial charge on any atom is -0.264 e. The van der Waals surface area contributed by atoms with Crippen LogP contribution in [0.3, 0.4) is 0 Å². The molecule has 0 saturated carbocycles. The fourth-order valence-electron chi connectivity index (χ4n) is 3.14. The molecule has 3 nitrogen and oxygen atoms in total. The number of nitrogens with zero attached hydrogens (tertiary/aromatic N) is 3. The minimum atomic E-state index is 1.09. The molecule has 0 unspecified atom stereocenters. The maximum absolute atomic E-state index is 4.44. The lowest BCUT2D eigenvalue weighted by molar-refractivity contribution is 0.683. The monoisotopic (exact) mass is 275 g/mol. The number of benzene rings is 1. The van der Waals surface area contributed by atoms with E-state index in [9.17, 15) is 0 Å². The van der Waals surface area contributed by atoms with Gasteiger partial charge in [0.05, 0.1) is 5.69 Å². The molecule has 1 aliphatic carbocycles. The first-order valence-corrected chi connectivity index (χ1v) is 7.48. The van der Waals surface area contributed by atoms with Gasteiger partial charge in [-0.15, -0.1) is 0 Å². The molecular weight excluding hydrogens is 258 g/mol. The Morgan fingerprint density at radius 3 is 2.86 bits per heavy atom. The SMILES string of the molecule is c1cc(-c2cncc3c2CCCC3)cc(-n2cccn2)c1. The van der Waals surface area contributed by atoms with Crippen LogP contribution in [0.1, 0.15) is 24.0 Å². The molecule has 104 valence electrons. The summed E-state index contributed by atoms with van der Waals surface area (Å²) in [5.41, 5.74) is 6.50. The van der Waals surface area contributed by atoms with Crippen molar-refractivity contribution in [2.24, 2.45) is 0 Å². The van der Waals surface area contributed by atoms with Crippen molar-refractivity contribution < 1.29 is 0 Å². The van der Waals surface area contributed by atoms with E-state index in [4.69, 9.17) is 0 Å². The molecule has 2 aromatic heterocycles. The Labute approximate surface area is 124 Å². The largest absolute Gasteiger partial charge is 0.264 e. The van der Waals surface area contributed by atoms with Gasteiger partial charge in [0.2, 0.25) is 0 Å². The summed E-state index contributed by atoms with van der Waals surface area (Å²) in [6.45, 7) is 0. The molecular formula is C18H17N3. The lowest BCUT2D eigenvalue weighted by atomic mass is 9.88. The zero-order chi connectivity index (χ0) is 14.1. The molecule has 0 fully saturated rings.